The molecule has 0 spiro atoms. The third kappa shape index (κ3) is 3.05. The molecule has 1 radical (unpaired) electrons. The largest absolute Gasteiger partial charge is 0.493 e. The van der Waals surface area contributed by atoms with Gasteiger partial charge >= 0.3 is 0 Å². The Kier molecular flexibility index (Phi) is 4.88. The summed E-state index contributed by atoms with van der Waals surface area (Å²) >= 11 is 0. The molecule has 0 aliphatic heterocycles. The fourth-order valence-electron chi connectivity index (χ4n) is 2.02. The third-order valence-electron chi connectivity index (χ3n) is 2.98. The van der Waals surface area contributed by atoms with Crippen LogP contribution in [0.4, 0.5) is 0 Å². The third-order valence-corrected chi connectivity index (χ3v) is 2.98. The van der Waals surface area contributed by atoms with E-state index in [9.17, 15) is 0 Å². The molecule has 2 aromatic carbocycles. The highest BCUT2D eigenvalue weighted by atomic mass is 16.5. The van der Waals surface area contributed by atoms with Gasteiger partial charge in [-0.05, 0) is 37.1 Å². The molecule has 0 fully saturated rings. The van der Waals surface area contributed by atoms with Crippen molar-refractivity contribution in [3.05, 3.63) is 49.4 Å². The van der Waals surface area contributed by atoms with Gasteiger partial charge in [-0.1, -0.05) is 24.3 Å². The highest BCUT2D eigenvalue weighted by Crippen LogP contribution is 2.36. The second-order valence-electron chi connectivity index (χ2n) is 4.27. The summed E-state index contributed by atoms with van der Waals surface area (Å²) in [5.41, 5.74) is 2.06. The fraction of sp³-hybridized carbons (Fsp3) is 0.235. The predicted octanol–water partition coefficient (Wildman–Crippen LogP) is 3.97. The van der Waals surface area contributed by atoms with Gasteiger partial charge in [-0.3, -0.25) is 0 Å². The fourth-order valence-corrected chi connectivity index (χ4v) is 2.02. The topological polar surface area (TPSA) is 27.7 Å². The van der Waals surface area contributed by atoms with Crippen molar-refractivity contribution in [1.82, 2.24) is 0 Å². The molecule has 0 bridgehead atoms. The van der Waals surface area contributed by atoms with E-state index < -0.39 is 0 Å². The Balaban J connectivity index is 2.40. The van der Waals surface area contributed by atoms with Crippen molar-refractivity contribution in [3.63, 3.8) is 0 Å². The Morgan fingerprint density at radius 2 is 1.65 bits per heavy atom. The van der Waals surface area contributed by atoms with Crippen molar-refractivity contribution < 1.29 is 14.2 Å². The van der Waals surface area contributed by atoms with Gasteiger partial charge in [0.1, 0.15) is 5.75 Å². The van der Waals surface area contributed by atoms with Crippen molar-refractivity contribution in [2.24, 2.45) is 0 Å². The Bertz CT molecular complexity index is 564. The van der Waals surface area contributed by atoms with Crippen LogP contribution in [0.25, 0.3) is 11.1 Å². The molecule has 3 nitrogen and oxygen atoms in total. The Morgan fingerprint density at radius 3 is 2.35 bits per heavy atom. The van der Waals surface area contributed by atoms with Gasteiger partial charge in [0.2, 0.25) is 0 Å². The van der Waals surface area contributed by atoms with Crippen LogP contribution in [0.1, 0.15) is 6.42 Å². The van der Waals surface area contributed by atoms with Gasteiger partial charge in [-0.15, -0.1) is 0 Å². The SMILES string of the molecule is [CH2]CCOc1ccccc1-c1ccc(OC)c(OC)c1. The minimum atomic E-state index is 0.601. The molecule has 3 heteroatoms. The van der Waals surface area contributed by atoms with Crippen LogP contribution in [0.2, 0.25) is 0 Å². The van der Waals surface area contributed by atoms with Crippen molar-refractivity contribution in [2.45, 2.75) is 6.42 Å². The quantitative estimate of drug-likeness (QED) is 0.795. The predicted molar refractivity (Wildman–Crippen MR) is 80.5 cm³/mol. The first-order valence-corrected chi connectivity index (χ1v) is 6.53. The summed E-state index contributed by atoms with van der Waals surface area (Å²) in [6, 6.07) is 13.8. The van der Waals surface area contributed by atoms with Crippen LogP contribution in [0.5, 0.6) is 17.2 Å². The first-order chi connectivity index (χ1) is 9.80. The van der Waals surface area contributed by atoms with Gasteiger partial charge < -0.3 is 14.2 Å². The normalized spacial score (nSPS) is 10.2. The summed E-state index contributed by atoms with van der Waals surface area (Å²) in [6.45, 7) is 4.39. The molecule has 0 unspecified atom stereocenters. The molecule has 2 aromatic rings. The summed E-state index contributed by atoms with van der Waals surface area (Å²) in [5, 5.41) is 0. The number of ether oxygens (including phenoxy) is 3. The van der Waals surface area contributed by atoms with Crippen LogP contribution in [0.3, 0.4) is 0 Å². The van der Waals surface area contributed by atoms with Gasteiger partial charge in [-0.2, -0.15) is 0 Å². The van der Waals surface area contributed by atoms with E-state index in [1.807, 2.05) is 42.5 Å². The molecule has 2 rings (SSSR count). The zero-order valence-corrected chi connectivity index (χ0v) is 11.9. The van der Waals surface area contributed by atoms with Crippen LogP contribution in [0, 0.1) is 6.92 Å². The highest BCUT2D eigenvalue weighted by molar-refractivity contribution is 5.72. The summed E-state index contributed by atoms with van der Waals surface area (Å²) < 4.78 is 16.3. The van der Waals surface area contributed by atoms with Crippen LogP contribution in [-0.4, -0.2) is 20.8 Å². The second-order valence-corrected chi connectivity index (χ2v) is 4.27. The van der Waals surface area contributed by atoms with Crippen molar-refractivity contribution >= 4 is 0 Å². The molecule has 0 aliphatic rings. The maximum Gasteiger partial charge on any atom is 0.161 e. The lowest BCUT2D eigenvalue weighted by Gasteiger charge is -2.13. The zero-order valence-electron chi connectivity index (χ0n) is 11.9. The summed E-state index contributed by atoms with van der Waals surface area (Å²) in [4.78, 5) is 0. The Morgan fingerprint density at radius 1 is 0.900 bits per heavy atom. The lowest BCUT2D eigenvalue weighted by molar-refractivity contribution is 0.325. The monoisotopic (exact) mass is 271 g/mol. The van der Waals surface area contributed by atoms with Crippen molar-refractivity contribution in [3.8, 4) is 28.4 Å². The molecular weight excluding hydrogens is 252 g/mol. The standard InChI is InChI=1S/C17H19O3/c1-4-11-20-15-8-6-5-7-14(15)13-9-10-16(18-2)17(12-13)19-3/h5-10,12H,1,4,11H2,2-3H3. The average molecular weight is 271 g/mol. The number of hydrogen-bond acceptors (Lipinski definition) is 3. The van der Waals surface area contributed by atoms with E-state index in [-0.39, 0.29) is 0 Å². The van der Waals surface area contributed by atoms with Crippen LogP contribution < -0.4 is 14.2 Å². The molecule has 105 valence electrons. The van der Waals surface area contributed by atoms with Gasteiger partial charge in [-0.25, -0.2) is 0 Å². The molecule has 0 atom stereocenters. The smallest absolute Gasteiger partial charge is 0.161 e. The number of rotatable bonds is 6. The lowest BCUT2D eigenvalue weighted by Crippen LogP contribution is -1.97. The first-order valence-electron chi connectivity index (χ1n) is 6.53. The summed E-state index contributed by atoms with van der Waals surface area (Å²) in [5.74, 6) is 2.27. The van der Waals surface area contributed by atoms with Gasteiger partial charge in [0.05, 0.1) is 20.8 Å². The minimum absolute atomic E-state index is 0.601. The molecule has 0 heterocycles. The maximum absolute atomic E-state index is 5.74. The highest BCUT2D eigenvalue weighted by Gasteiger charge is 2.09. The number of benzene rings is 2. The maximum atomic E-state index is 5.74. The molecule has 0 aliphatic carbocycles. The molecule has 0 aromatic heterocycles. The number of hydrogen-bond donors (Lipinski definition) is 0. The summed E-state index contributed by atoms with van der Waals surface area (Å²) in [6.07, 6.45) is 0.736. The molecule has 0 amide bonds. The molecule has 20 heavy (non-hydrogen) atoms. The molecule has 0 saturated carbocycles. The Labute approximate surface area is 120 Å². The first kappa shape index (κ1) is 14.3. The van der Waals surface area contributed by atoms with E-state index in [4.69, 9.17) is 14.2 Å². The number of methoxy groups -OCH3 is 2. The van der Waals surface area contributed by atoms with E-state index in [1.165, 1.54) is 0 Å². The molecule has 0 saturated heterocycles. The van der Waals surface area contributed by atoms with Crippen LogP contribution in [-0.2, 0) is 0 Å². The van der Waals surface area contributed by atoms with E-state index >= 15 is 0 Å². The lowest BCUT2D eigenvalue weighted by atomic mass is 10.0. The van der Waals surface area contributed by atoms with Gasteiger partial charge in [0.15, 0.2) is 11.5 Å². The molecule has 0 N–H and O–H groups in total. The minimum Gasteiger partial charge on any atom is -0.493 e. The van der Waals surface area contributed by atoms with Crippen LogP contribution in [0.15, 0.2) is 42.5 Å². The van der Waals surface area contributed by atoms with Crippen LogP contribution >= 0.6 is 0 Å². The summed E-state index contributed by atoms with van der Waals surface area (Å²) in [7, 11) is 3.26. The van der Waals surface area contributed by atoms with Gasteiger partial charge in [0, 0.05) is 5.56 Å². The van der Waals surface area contributed by atoms with E-state index in [1.54, 1.807) is 14.2 Å². The van der Waals surface area contributed by atoms with E-state index in [0.717, 1.165) is 23.3 Å². The van der Waals surface area contributed by atoms with Crippen molar-refractivity contribution in [1.29, 1.82) is 0 Å². The van der Waals surface area contributed by atoms with Crippen molar-refractivity contribution in [2.75, 3.05) is 20.8 Å². The second kappa shape index (κ2) is 6.85. The Hall–Kier alpha value is -2.16. The number of para-hydroxylation sites is 1. The van der Waals surface area contributed by atoms with E-state index in [0.29, 0.717) is 18.1 Å². The molecular formula is C17H19O3. The van der Waals surface area contributed by atoms with Gasteiger partial charge in [0.25, 0.3) is 0 Å². The average Bonchev–Trinajstić information content (AvgIpc) is 2.52. The van der Waals surface area contributed by atoms with E-state index in [2.05, 4.69) is 6.92 Å². The zero-order chi connectivity index (χ0) is 14.4.